The monoisotopic (exact) mass is 485 g/mol. The zero-order chi connectivity index (χ0) is 26.1. The Morgan fingerprint density at radius 3 is 1.60 bits per heavy atom. The Balaban J connectivity index is 2.52. The van der Waals surface area contributed by atoms with E-state index in [1.165, 1.54) is 140 Å². The molecule has 0 fully saturated rings. The van der Waals surface area contributed by atoms with Crippen LogP contribution in [-0.2, 0) is 0 Å². The van der Waals surface area contributed by atoms with E-state index in [0.29, 0.717) is 11.3 Å². The molecule has 0 aliphatic heterocycles. The van der Waals surface area contributed by atoms with Gasteiger partial charge in [-0.1, -0.05) is 157 Å². The minimum absolute atomic E-state index is 0.443. The van der Waals surface area contributed by atoms with Crippen LogP contribution in [0.5, 0.6) is 0 Å². The highest BCUT2D eigenvalue weighted by molar-refractivity contribution is 5.68. The average molecular weight is 485 g/mol. The smallest absolute Gasteiger partial charge is 0.0181 e. The van der Waals surface area contributed by atoms with E-state index in [1.807, 2.05) is 0 Å². The molecule has 0 saturated heterocycles. The molecule has 0 aromatic carbocycles. The van der Waals surface area contributed by atoms with Crippen molar-refractivity contribution < 1.29 is 0 Å². The molecule has 0 nitrogen and oxygen atoms in total. The third-order valence-electron chi connectivity index (χ3n) is 8.41. The Labute approximate surface area is 222 Å². The molecule has 204 valence electrons. The molecule has 0 spiro atoms. The molecule has 0 heterocycles. The Morgan fingerprint density at radius 1 is 0.600 bits per heavy atom. The number of hydrogen-bond donors (Lipinski definition) is 0. The van der Waals surface area contributed by atoms with E-state index in [4.69, 9.17) is 0 Å². The second-order valence-electron chi connectivity index (χ2n) is 13.1. The summed E-state index contributed by atoms with van der Waals surface area (Å²) in [4.78, 5) is 0. The van der Waals surface area contributed by atoms with E-state index >= 15 is 0 Å². The van der Waals surface area contributed by atoms with Crippen LogP contribution in [-0.4, -0.2) is 0 Å². The van der Waals surface area contributed by atoms with E-state index in [-0.39, 0.29) is 0 Å². The van der Waals surface area contributed by atoms with Crippen molar-refractivity contribution in [3.05, 3.63) is 35.5 Å². The molecule has 0 saturated carbocycles. The van der Waals surface area contributed by atoms with Crippen LogP contribution < -0.4 is 0 Å². The molecule has 0 bridgehead atoms. The van der Waals surface area contributed by atoms with Gasteiger partial charge in [-0.05, 0) is 65.2 Å². The van der Waals surface area contributed by atoms with Gasteiger partial charge in [0.2, 0.25) is 0 Å². The predicted octanol–water partition coefficient (Wildman–Crippen LogP) is 12.5. The number of allylic oxidation sites excluding steroid dienone is 4. The second-order valence-corrected chi connectivity index (χ2v) is 13.1. The van der Waals surface area contributed by atoms with Crippen molar-refractivity contribution in [3.8, 4) is 0 Å². The molecule has 1 unspecified atom stereocenters. The second kappa shape index (κ2) is 18.5. The summed E-state index contributed by atoms with van der Waals surface area (Å²) in [5, 5.41) is 0. The largest absolute Gasteiger partial charge is 0.0909 e. The zero-order valence-corrected chi connectivity index (χ0v) is 25.2. The molecule has 0 aromatic heterocycles. The molecular formula is C35H64. The third kappa shape index (κ3) is 13.9. The van der Waals surface area contributed by atoms with Gasteiger partial charge in [-0.15, -0.1) is 0 Å². The lowest BCUT2D eigenvalue weighted by Crippen LogP contribution is -2.18. The Morgan fingerprint density at radius 2 is 1.09 bits per heavy atom. The molecule has 1 rings (SSSR count). The lowest BCUT2D eigenvalue weighted by Gasteiger charge is -2.34. The van der Waals surface area contributed by atoms with Crippen LogP contribution in [0.2, 0.25) is 0 Å². The summed E-state index contributed by atoms with van der Waals surface area (Å²) < 4.78 is 0. The Kier molecular flexibility index (Phi) is 17.0. The van der Waals surface area contributed by atoms with Crippen LogP contribution in [0.15, 0.2) is 35.5 Å². The first kappa shape index (κ1) is 32.2. The maximum Gasteiger partial charge on any atom is -0.0181 e. The molecule has 0 radical (unpaired) electrons. The molecule has 1 atom stereocenters. The van der Waals surface area contributed by atoms with Crippen molar-refractivity contribution in [1.29, 1.82) is 0 Å². The lowest BCUT2D eigenvalue weighted by molar-refractivity contribution is 0.349. The fourth-order valence-electron chi connectivity index (χ4n) is 6.02. The van der Waals surface area contributed by atoms with E-state index in [0.717, 1.165) is 5.92 Å². The van der Waals surface area contributed by atoms with E-state index in [2.05, 4.69) is 54.7 Å². The van der Waals surface area contributed by atoms with E-state index in [1.54, 1.807) is 11.1 Å². The van der Waals surface area contributed by atoms with Crippen molar-refractivity contribution in [2.24, 2.45) is 17.3 Å². The molecular weight excluding hydrogens is 420 g/mol. The number of rotatable bonds is 22. The van der Waals surface area contributed by atoms with Gasteiger partial charge in [-0.3, -0.25) is 0 Å². The lowest BCUT2D eigenvalue weighted by atomic mass is 9.70. The number of unbranched alkanes of at least 4 members (excludes halogenated alkanes) is 10. The highest BCUT2D eigenvalue weighted by atomic mass is 14.3. The maximum absolute atomic E-state index is 4.39. The standard InChI is InChI=1S/C35H64/c1-9-11-13-15-17-19-24-32(25-20-18-16-14-12-10-2)26-21-27-33-30(4)31(5)34(33)29(3)23-22-28-35(6,7)8/h29,32H,4-5,9-28H2,1-3,6-8H3. The maximum atomic E-state index is 4.39. The Bertz CT molecular complexity index is 594. The normalized spacial score (nSPS) is 15.3. The first-order valence-electron chi connectivity index (χ1n) is 15.8. The van der Waals surface area contributed by atoms with Gasteiger partial charge < -0.3 is 0 Å². The van der Waals surface area contributed by atoms with Crippen LogP contribution in [0, 0.1) is 17.3 Å². The topological polar surface area (TPSA) is 0 Å². The van der Waals surface area contributed by atoms with Crippen molar-refractivity contribution in [1.82, 2.24) is 0 Å². The van der Waals surface area contributed by atoms with Crippen molar-refractivity contribution in [2.45, 2.75) is 170 Å². The molecule has 1 aliphatic rings. The zero-order valence-electron chi connectivity index (χ0n) is 25.2. The van der Waals surface area contributed by atoms with Crippen LogP contribution in [0.4, 0.5) is 0 Å². The minimum atomic E-state index is 0.443. The van der Waals surface area contributed by atoms with Crippen LogP contribution >= 0.6 is 0 Å². The summed E-state index contributed by atoms with van der Waals surface area (Å²) in [7, 11) is 0. The highest BCUT2D eigenvalue weighted by Crippen LogP contribution is 2.46. The van der Waals surface area contributed by atoms with Gasteiger partial charge >= 0.3 is 0 Å². The fourth-order valence-corrected chi connectivity index (χ4v) is 6.02. The summed E-state index contributed by atoms with van der Waals surface area (Å²) in [6, 6.07) is 0. The van der Waals surface area contributed by atoms with Crippen LogP contribution in [0.3, 0.4) is 0 Å². The number of hydrogen-bond acceptors (Lipinski definition) is 0. The molecule has 0 N–H and O–H groups in total. The van der Waals surface area contributed by atoms with Crippen molar-refractivity contribution >= 4 is 0 Å². The SMILES string of the molecule is C=C1C(=C)C(C(C)CCCC(C)(C)C)=C1CCCC(CCCCCCCC)CCCCCCCC. The first-order valence-corrected chi connectivity index (χ1v) is 15.8. The van der Waals surface area contributed by atoms with Gasteiger partial charge in [0.05, 0.1) is 0 Å². The van der Waals surface area contributed by atoms with Crippen LogP contribution in [0.25, 0.3) is 0 Å². The minimum Gasteiger partial charge on any atom is -0.0909 e. The van der Waals surface area contributed by atoms with Crippen molar-refractivity contribution in [2.75, 3.05) is 0 Å². The Hall–Kier alpha value is -0.780. The summed E-state index contributed by atoms with van der Waals surface area (Å²) in [5.41, 5.74) is 6.13. The summed E-state index contributed by atoms with van der Waals surface area (Å²) >= 11 is 0. The third-order valence-corrected chi connectivity index (χ3v) is 8.41. The van der Waals surface area contributed by atoms with Crippen LogP contribution in [0.1, 0.15) is 170 Å². The molecule has 0 amide bonds. The predicted molar refractivity (Wildman–Crippen MR) is 161 cm³/mol. The molecule has 1 aliphatic carbocycles. The average Bonchev–Trinajstić information content (AvgIpc) is 2.80. The molecule has 0 heteroatoms. The van der Waals surface area contributed by atoms with Gasteiger partial charge in [-0.2, -0.15) is 0 Å². The quantitative estimate of drug-likeness (QED) is 0.134. The molecule has 0 aromatic rings. The van der Waals surface area contributed by atoms with Gasteiger partial charge in [0.15, 0.2) is 0 Å². The molecule has 35 heavy (non-hydrogen) atoms. The fraction of sp³-hybridized carbons (Fsp3) is 0.829. The van der Waals surface area contributed by atoms with Gasteiger partial charge in [0, 0.05) is 0 Å². The van der Waals surface area contributed by atoms with E-state index < -0.39 is 0 Å². The first-order chi connectivity index (χ1) is 16.7. The van der Waals surface area contributed by atoms with Gasteiger partial charge in [0.25, 0.3) is 0 Å². The van der Waals surface area contributed by atoms with Gasteiger partial charge in [0.1, 0.15) is 0 Å². The summed E-state index contributed by atoms with van der Waals surface area (Å²) in [5.74, 6) is 1.59. The highest BCUT2D eigenvalue weighted by Gasteiger charge is 2.29. The van der Waals surface area contributed by atoms with Gasteiger partial charge in [-0.25, -0.2) is 0 Å². The summed E-state index contributed by atoms with van der Waals surface area (Å²) in [6.07, 6.45) is 28.0. The van der Waals surface area contributed by atoms with E-state index in [9.17, 15) is 0 Å². The van der Waals surface area contributed by atoms with Crippen molar-refractivity contribution in [3.63, 3.8) is 0 Å². The summed E-state index contributed by atoms with van der Waals surface area (Å²) in [6.45, 7) is 22.9.